The van der Waals surface area contributed by atoms with Crippen LogP contribution in [0.3, 0.4) is 0 Å². The molecule has 166 valence electrons. The highest BCUT2D eigenvalue weighted by molar-refractivity contribution is 7.80. The number of carbonyl (C=O) groups is 2. The van der Waals surface area contributed by atoms with E-state index in [4.69, 9.17) is 12.2 Å². The van der Waals surface area contributed by atoms with Crippen LogP contribution < -0.4 is 15.5 Å². The fourth-order valence-corrected chi connectivity index (χ4v) is 3.57. The van der Waals surface area contributed by atoms with Gasteiger partial charge in [0.1, 0.15) is 0 Å². The number of rotatable bonds is 7. The van der Waals surface area contributed by atoms with E-state index in [0.29, 0.717) is 24.7 Å². The first-order valence-corrected chi connectivity index (χ1v) is 11.0. The van der Waals surface area contributed by atoms with Gasteiger partial charge in [-0.2, -0.15) is 0 Å². The summed E-state index contributed by atoms with van der Waals surface area (Å²) in [7, 11) is 1.84. The van der Waals surface area contributed by atoms with Gasteiger partial charge in [-0.05, 0) is 45.0 Å². The molecule has 3 N–H and O–H groups in total. The number of piperazine rings is 1. The van der Waals surface area contributed by atoms with Gasteiger partial charge < -0.3 is 25.3 Å². The molecule has 1 fully saturated rings. The molecule has 0 spiro atoms. The Morgan fingerprint density at radius 1 is 1.17 bits per heavy atom. The fourth-order valence-electron chi connectivity index (χ4n) is 3.41. The van der Waals surface area contributed by atoms with E-state index in [1.54, 1.807) is 4.90 Å². The van der Waals surface area contributed by atoms with E-state index in [-0.39, 0.29) is 23.9 Å². The molecule has 0 radical (unpaired) electrons. The van der Waals surface area contributed by atoms with Crippen molar-refractivity contribution in [3.8, 4) is 0 Å². The van der Waals surface area contributed by atoms with Gasteiger partial charge in [0.15, 0.2) is 11.7 Å². The second kappa shape index (κ2) is 11.3. The van der Waals surface area contributed by atoms with Crippen LogP contribution in [0, 0.1) is 0 Å². The minimum Gasteiger partial charge on any atom is -0.362 e. The lowest BCUT2D eigenvalue weighted by molar-refractivity contribution is -0.896. The van der Waals surface area contributed by atoms with Gasteiger partial charge in [-0.15, -0.1) is 0 Å². The van der Waals surface area contributed by atoms with Crippen LogP contribution in [0.15, 0.2) is 30.3 Å². The Kier molecular flexibility index (Phi) is 9.05. The van der Waals surface area contributed by atoms with Crippen molar-refractivity contribution < 1.29 is 14.5 Å². The summed E-state index contributed by atoms with van der Waals surface area (Å²) in [6.07, 6.45) is 0.885. The molecule has 2 amide bonds. The zero-order chi connectivity index (χ0) is 22.1. The molecule has 0 bridgehead atoms. The molecule has 0 saturated carbocycles. The third-order valence-corrected chi connectivity index (χ3v) is 5.46. The van der Waals surface area contributed by atoms with Gasteiger partial charge in [-0.3, -0.25) is 9.59 Å². The van der Waals surface area contributed by atoms with Gasteiger partial charge in [0.05, 0.1) is 32.7 Å². The van der Waals surface area contributed by atoms with Crippen LogP contribution in [0.5, 0.6) is 0 Å². The van der Waals surface area contributed by atoms with Crippen LogP contribution in [-0.2, 0) is 16.0 Å². The van der Waals surface area contributed by atoms with Gasteiger partial charge in [0.25, 0.3) is 5.91 Å². The van der Waals surface area contributed by atoms with Crippen molar-refractivity contribution in [2.45, 2.75) is 32.7 Å². The minimum atomic E-state index is -0.216. The number of hydrogen-bond donors (Lipinski definition) is 3. The summed E-state index contributed by atoms with van der Waals surface area (Å²) in [4.78, 5) is 29.6. The molecule has 0 aromatic heterocycles. The summed E-state index contributed by atoms with van der Waals surface area (Å²) >= 11 is 5.42. The Labute approximate surface area is 185 Å². The number of nitrogens with one attached hydrogen (secondary N) is 3. The molecule has 2 rings (SSSR count). The van der Waals surface area contributed by atoms with E-state index < -0.39 is 0 Å². The Balaban J connectivity index is 1.67. The quantitative estimate of drug-likeness (QED) is 0.513. The number of likely N-dealkylation sites (N-methyl/N-ethyl adjacent to an activating group) is 1. The maximum atomic E-state index is 12.6. The molecule has 1 aliphatic rings. The van der Waals surface area contributed by atoms with E-state index in [2.05, 4.69) is 22.8 Å². The minimum absolute atomic E-state index is 0.0592. The van der Waals surface area contributed by atoms with Crippen LogP contribution >= 0.6 is 12.2 Å². The first kappa shape index (κ1) is 24.1. The van der Waals surface area contributed by atoms with E-state index in [1.165, 1.54) is 10.5 Å². The Bertz CT molecular complexity index is 712. The Morgan fingerprint density at radius 3 is 2.40 bits per heavy atom. The van der Waals surface area contributed by atoms with Crippen LogP contribution in [0.2, 0.25) is 0 Å². The number of nitrogens with zero attached hydrogens (tertiary/aromatic N) is 2. The topological polar surface area (TPSA) is 69.1 Å². The summed E-state index contributed by atoms with van der Waals surface area (Å²) in [5.41, 5.74) is 1.04. The molecular formula is C22H36N5O2S+. The predicted molar refractivity (Wildman–Crippen MR) is 123 cm³/mol. The van der Waals surface area contributed by atoms with Crippen molar-refractivity contribution in [2.24, 2.45) is 0 Å². The average Bonchev–Trinajstić information content (AvgIpc) is 2.67. The SMILES string of the molecule is CN(CC(=O)N1CC[NH+](CC(=O)NC(C)(C)C)CC1)C(=S)NCCc1ccccc1. The molecule has 1 saturated heterocycles. The van der Waals surface area contributed by atoms with Crippen molar-refractivity contribution in [1.82, 2.24) is 20.4 Å². The second-order valence-electron chi connectivity index (χ2n) is 8.93. The summed E-state index contributed by atoms with van der Waals surface area (Å²) in [5, 5.41) is 6.81. The van der Waals surface area contributed by atoms with Gasteiger partial charge in [0, 0.05) is 19.1 Å². The summed E-state index contributed by atoms with van der Waals surface area (Å²) in [6, 6.07) is 10.2. The van der Waals surface area contributed by atoms with E-state index in [0.717, 1.165) is 26.1 Å². The lowest BCUT2D eigenvalue weighted by Crippen LogP contribution is -3.16. The maximum Gasteiger partial charge on any atom is 0.275 e. The van der Waals surface area contributed by atoms with Crippen LogP contribution in [-0.4, -0.2) is 85.1 Å². The van der Waals surface area contributed by atoms with Crippen LogP contribution in [0.4, 0.5) is 0 Å². The molecule has 0 aliphatic carbocycles. The van der Waals surface area contributed by atoms with Crippen molar-refractivity contribution in [3.05, 3.63) is 35.9 Å². The number of amides is 2. The highest BCUT2D eigenvalue weighted by atomic mass is 32.1. The summed E-state index contributed by atoms with van der Waals surface area (Å²) < 4.78 is 0. The van der Waals surface area contributed by atoms with Gasteiger partial charge >= 0.3 is 0 Å². The molecule has 30 heavy (non-hydrogen) atoms. The molecule has 1 aliphatic heterocycles. The van der Waals surface area contributed by atoms with Crippen molar-refractivity contribution >= 4 is 29.1 Å². The normalized spacial score (nSPS) is 14.9. The van der Waals surface area contributed by atoms with E-state index in [1.807, 2.05) is 50.9 Å². The highest BCUT2D eigenvalue weighted by Gasteiger charge is 2.27. The lowest BCUT2D eigenvalue weighted by atomic mass is 10.1. The second-order valence-corrected chi connectivity index (χ2v) is 9.32. The van der Waals surface area contributed by atoms with Gasteiger partial charge in [0.2, 0.25) is 5.91 Å². The Hall–Kier alpha value is -2.19. The number of thiocarbonyl (C=S) groups is 1. The zero-order valence-corrected chi connectivity index (χ0v) is 19.5. The molecule has 1 heterocycles. The average molecular weight is 435 g/mol. The predicted octanol–water partition coefficient (Wildman–Crippen LogP) is -0.323. The fraction of sp³-hybridized carbons (Fsp3) is 0.591. The number of benzene rings is 1. The van der Waals surface area contributed by atoms with Crippen LogP contribution in [0.1, 0.15) is 26.3 Å². The third kappa shape index (κ3) is 8.67. The van der Waals surface area contributed by atoms with Crippen molar-refractivity contribution in [2.75, 3.05) is 52.9 Å². The molecule has 1 aromatic carbocycles. The molecule has 0 unspecified atom stereocenters. The largest absolute Gasteiger partial charge is 0.362 e. The summed E-state index contributed by atoms with van der Waals surface area (Å²) in [6.45, 7) is 10.3. The van der Waals surface area contributed by atoms with E-state index >= 15 is 0 Å². The van der Waals surface area contributed by atoms with Crippen molar-refractivity contribution in [1.29, 1.82) is 0 Å². The third-order valence-electron chi connectivity index (χ3n) is 5.00. The maximum absolute atomic E-state index is 12.6. The number of hydrogen-bond acceptors (Lipinski definition) is 3. The number of quaternary nitrogens is 1. The molecule has 8 heteroatoms. The molecular weight excluding hydrogens is 398 g/mol. The van der Waals surface area contributed by atoms with Gasteiger partial charge in [-0.1, -0.05) is 30.3 Å². The first-order chi connectivity index (χ1) is 14.1. The zero-order valence-electron chi connectivity index (χ0n) is 18.7. The Morgan fingerprint density at radius 2 is 1.80 bits per heavy atom. The molecule has 7 nitrogen and oxygen atoms in total. The highest BCUT2D eigenvalue weighted by Crippen LogP contribution is 2.00. The molecule has 1 aromatic rings. The van der Waals surface area contributed by atoms with Crippen molar-refractivity contribution in [3.63, 3.8) is 0 Å². The molecule has 0 atom stereocenters. The number of carbonyl (C=O) groups excluding carboxylic acids is 2. The van der Waals surface area contributed by atoms with Gasteiger partial charge in [-0.25, -0.2) is 0 Å². The van der Waals surface area contributed by atoms with E-state index in [9.17, 15) is 9.59 Å². The first-order valence-electron chi connectivity index (χ1n) is 10.6. The smallest absolute Gasteiger partial charge is 0.275 e. The summed E-state index contributed by atoms with van der Waals surface area (Å²) in [5.74, 6) is 0.131. The monoisotopic (exact) mass is 434 g/mol. The van der Waals surface area contributed by atoms with Crippen LogP contribution in [0.25, 0.3) is 0 Å². The standard InChI is InChI=1S/C22H35N5O2S/c1-22(2,3)24-19(28)16-26-12-14-27(15-13-26)20(29)17-25(4)21(30)23-11-10-18-8-6-5-7-9-18/h5-9H,10-17H2,1-4H3,(H,23,30)(H,24,28)/p+1. The lowest BCUT2D eigenvalue weighted by Gasteiger charge is -2.33.